The van der Waals surface area contributed by atoms with Crippen molar-refractivity contribution in [1.29, 1.82) is 0 Å². The number of nitrogens with zero attached hydrogens (tertiary/aromatic N) is 2. The van der Waals surface area contributed by atoms with Gasteiger partial charge >= 0.3 is 11.9 Å². The molecule has 0 bridgehead atoms. The summed E-state index contributed by atoms with van der Waals surface area (Å²) >= 11 is 6.69. The first kappa shape index (κ1) is 41.9. The highest BCUT2D eigenvalue weighted by Gasteiger charge is 2.44. The number of likely N-dealkylation sites (tertiary alicyclic amines) is 1. The summed E-state index contributed by atoms with van der Waals surface area (Å²) in [5, 5.41) is 41.2. The first-order chi connectivity index (χ1) is 26.8. The number of primary amides is 1. The van der Waals surface area contributed by atoms with Crippen LogP contribution < -0.4 is 25.3 Å². The number of carbonyl (C=O) groups excluding carboxylic acids is 1. The topological polar surface area (TPSA) is 214 Å². The maximum atomic E-state index is 11.7. The van der Waals surface area contributed by atoms with Crippen LogP contribution in [0.4, 0.5) is 0 Å². The minimum Gasteiger partial charge on any atom is -0.493 e. The van der Waals surface area contributed by atoms with Crippen LogP contribution in [0.25, 0.3) is 11.1 Å². The second-order valence-corrected chi connectivity index (χ2v) is 14.3. The Morgan fingerprint density at radius 3 is 2.34 bits per heavy atom. The van der Waals surface area contributed by atoms with Crippen molar-refractivity contribution in [1.82, 2.24) is 15.2 Å². The number of ether oxygens (including phenoxy) is 3. The zero-order valence-electron chi connectivity index (χ0n) is 31.3. The number of aliphatic hydroxyl groups is 2. The Labute approximate surface area is 329 Å². The van der Waals surface area contributed by atoms with Crippen molar-refractivity contribution in [2.24, 2.45) is 11.1 Å². The van der Waals surface area contributed by atoms with E-state index < -0.39 is 35.9 Å². The van der Waals surface area contributed by atoms with Gasteiger partial charge in [0.1, 0.15) is 41.9 Å². The van der Waals surface area contributed by atoms with E-state index in [2.05, 4.69) is 15.2 Å². The van der Waals surface area contributed by atoms with Crippen LogP contribution >= 0.6 is 11.6 Å². The third-order valence-electron chi connectivity index (χ3n) is 10.1. The maximum Gasteiger partial charge on any atom is 0.323 e. The SMILES string of the molecule is Cc1c(COc2cc(OCc3cncc(C(N)=O)c3)c(CN[C@H](CO)C(=O)O)cc2Cl)cccc1-c1cccc(OCCCN2CCC(CO)(C(=O)O)C2)c1C. The number of carbonyl (C=O) groups is 3. The minimum absolute atomic E-state index is 0.00429. The highest BCUT2D eigenvalue weighted by atomic mass is 35.5. The van der Waals surface area contributed by atoms with Gasteiger partial charge in [-0.3, -0.25) is 24.7 Å². The molecule has 4 aromatic rings. The fourth-order valence-corrected chi connectivity index (χ4v) is 6.87. The van der Waals surface area contributed by atoms with Crippen LogP contribution in [0.15, 0.2) is 67.0 Å². The van der Waals surface area contributed by atoms with Gasteiger partial charge in [0.15, 0.2) is 0 Å². The second-order valence-electron chi connectivity index (χ2n) is 13.9. The molecule has 1 saturated heterocycles. The number of hydrogen-bond acceptors (Lipinski definition) is 11. The van der Waals surface area contributed by atoms with Crippen molar-refractivity contribution in [2.75, 3.05) is 39.5 Å². The first-order valence-corrected chi connectivity index (χ1v) is 18.5. The summed E-state index contributed by atoms with van der Waals surface area (Å²) in [7, 11) is 0. The molecule has 1 unspecified atom stereocenters. The van der Waals surface area contributed by atoms with E-state index in [1.54, 1.807) is 18.2 Å². The molecule has 1 aliphatic heterocycles. The smallest absolute Gasteiger partial charge is 0.323 e. The number of pyridine rings is 1. The molecule has 298 valence electrons. The number of halogens is 1. The molecule has 56 heavy (non-hydrogen) atoms. The van der Waals surface area contributed by atoms with Crippen LogP contribution in [-0.4, -0.2) is 93.7 Å². The number of rotatable bonds is 20. The van der Waals surface area contributed by atoms with Gasteiger partial charge in [-0.15, -0.1) is 0 Å². The lowest BCUT2D eigenvalue weighted by Gasteiger charge is -2.22. The lowest BCUT2D eigenvalue weighted by molar-refractivity contribution is -0.150. The molecule has 7 N–H and O–H groups in total. The highest BCUT2D eigenvalue weighted by molar-refractivity contribution is 6.32. The van der Waals surface area contributed by atoms with E-state index in [0.29, 0.717) is 61.7 Å². The van der Waals surface area contributed by atoms with Crippen LogP contribution in [0.2, 0.25) is 5.02 Å². The van der Waals surface area contributed by atoms with Crippen molar-refractivity contribution in [3.05, 3.63) is 105 Å². The molecular formula is C41H47ClN4O10. The molecule has 1 fully saturated rings. The van der Waals surface area contributed by atoms with Crippen LogP contribution in [-0.2, 0) is 29.3 Å². The number of aliphatic carboxylic acids is 2. The van der Waals surface area contributed by atoms with Gasteiger partial charge in [0, 0.05) is 49.2 Å². The molecule has 2 atom stereocenters. The van der Waals surface area contributed by atoms with Gasteiger partial charge in [-0.1, -0.05) is 41.9 Å². The number of aliphatic hydroxyl groups excluding tert-OH is 2. The highest BCUT2D eigenvalue weighted by Crippen LogP contribution is 2.37. The summed E-state index contributed by atoms with van der Waals surface area (Å²) in [6, 6.07) is 15.4. The normalized spacial score (nSPS) is 16.0. The van der Waals surface area contributed by atoms with E-state index in [1.165, 1.54) is 12.4 Å². The predicted octanol–water partition coefficient (Wildman–Crippen LogP) is 4.35. The molecule has 0 radical (unpaired) electrons. The fraction of sp³-hybridized carbons (Fsp3) is 0.366. The molecule has 15 heteroatoms. The van der Waals surface area contributed by atoms with Crippen LogP contribution in [0, 0.1) is 19.3 Å². The molecule has 1 aliphatic rings. The van der Waals surface area contributed by atoms with E-state index in [1.807, 2.05) is 50.2 Å². The molecule has 3 aromatic carbocycles. The molecule has 0 aliphatic carbocycles. The summed E-state index contributed by atoms with van der Waals surface area (Å²) in [6.45, 7) is 5.27. The number of carboxylic acids is 2. The van der Waals surface area contributed by atoms with Gasteiger partial charge in [0.2, 0.25) is 5.91 Å². The quantitative estimate of drug-likeness (QED) is 0.0688. The number of nitrogens with two attached hydrogens (primary N) is 1. The molecule has 0 saturated carbocycles. The Bertz CT molecular complexity index is 2050. The molecule has 1 amide bonds. The summed E-state index contributed by atoms with van der Waals surface area (Å²) in [5.74, 6) is -1.40. The van der Waals surface area contributed by atoms with Gasteiger partial charge < -0.3 is 45.3 Å². The fourth-order valence-electron chi connectivity index (χ4n) is 6.62. The van der Waals surface area contributed by atoms with E-state index >= 15 is 0 Å². The lowest BCUT2D eigenvalue weighted by Crippen LogP contribution is -2.39. The van der Waals surface area contributed by atoms with Gasteiger partial charge in [-0.05, 0) is 79.3 Å². The van der Waals surface area contributed by atoms with E-state index in [9.17, 15) is 34.8 Å². The molecular weight excluding hydrogens is 744 g/mol. The summed E-state index contributed by atoms with van der Waals surface area (Å²) in [5.41, 5.74) is 10.5. The van der Waals surface area contributed by atoms with E-state index in [-0.39, 0.29) is 37.0 Å². The van der Waals surface area contributed by atoms with Crippen molar-refractivity contribution < 1.29 is 49.0 Å². The number of carboxylic acid groups (broad SMARTS) is 2. The molecule has 14 nitrogen and oxygen atoms in total. The summed E-state index contributed by atoms with van der Waals surface area (Å²) < 4.78 is 18.6. The number of hydrogen-bond donors (Lipinski definition) is 6. The Morgan fingerprint density at radius 1 is 0.929 bits per heavy atom. The Balaban J connectivity index is 1.28. The standard InChI is InChI=1S/C41H47ClN4O10/c1-25-28(6-3-7-31(25)32-8-4-9-35(26(32)2)54-13-5-11-46-12-10-41(23-46,24-48)40(52)53)22-56-37-16-36(55-21-27-14-30(38(43)49)18-44-17-27)29(15-33(37)42)19-45-34(20-47)39(50)51/h3-4,6-9,14-18,34,45,47-48H,5,10-13,19-24H2,1-2H3,(H2,43,49)(H,50,51)(H,52,53)/t34-,41?/m1/s1. The largest absolute Gasteiger partial charge is 0.493 e. The van der Waals surface area contributed by atoms with E-state index in [0.717, 1.165) is 33.6 Å². The second kappa shape index (κ2) is 19.1. The van der Waals surface area contributed by atoms with Crippen molar-refractivity contribution in [2.45, 2.75) is 52.5 Å². The maximum absolute atomic E-state index is 11.7. The van der Waals surface area contributed by atoms with Crippen LogP contribution in [0.5, 0.6) is 17.2 Å². The zero-order chi connectivity index (χ0) is 40.4. The summed E-state index contributed by atoms with van der Waals surface area (Å²) in [6.07, 6.45) is 4.02. The Kier molecular flexibility index (Phi) is 14.3. The molecule has 1 aromatic heterocycles. The number of amides is 1. The first-order valence-electron chi connectivity index (χ1n) is 18.1. The molecule has 2 heterocycles. The Morgan fingerprint density at radius 2 is 1.66 bits per heavy atom. The van der Waals surface area contributed by atoms with Gasteiger partial charge in [-0.2, -0.15) is 0 Å². The predicted molar refractivity (Wildman–Crippen MR) is 208 cm³/mol. The number of nitrogens with one attached hydrogen (secondary N) is 1. The monoisotopic (exact) mass is 790 g/mol. The van der Waals surface area contributed by atoms with Crippen molar-refractivity contribution in [3.8, 4) is 28.4 Å². The van der Waals surface area contributed by atoms with Crippen LogP contribution in [0.3, 0.4) is 0 Å². The van der Waals surface area contributed by atoms with Crippen LogP contribution in [0.1, 0.15) is 51.0 Å². The Hall–Kier alpha value is -5.25. The third-order valence-corrected chi connectivity index (χ3v) is 10.4. The lowest BCUT2D eigenvalue weighted by atomic mass is 9.88. The van der Waals surface area contributed by atoms with Gasteiger partial charge in [0.25, 0.3) is 0 Å². The number of benzene rings is 3. The molecule has 0 spiro atoms. The number of aromatic nitrogens is 1. The molecule has 5 rings (SSSR count). The van der Waals surface area contributed by atoms with Crippen molar-refractivity contribution >= 4 is 29.4 Å². The van der Waals surface area contributed by atoms with Gasteiger partial charge in [-0.25, -0.2) is 0 Å². The average molecular weight is 791 g/mol. The third kappa shape index (κ3) is 10.1. The summed E-state index contributed by atoms with van der Waals surface area (Å²) in [4.78, 5) is 41.0. The minimum atomic E-state index is -1.22. The zero-order valence-corrected chi connectivity index (χ0v) is 32.1. The van der Waals surface area contributed by atoms with Gasteiger partial charge in [0.05, 0.1) is 30.4 Å². The van der Waals surface area contributed by atoms with Crippen molar-refractivity contribution in [3.63, 3.8) is 0 Å². The van der Waals surface area contributed by atoms with E-state index in [4.69, 9.17) is 31.5 Å². The average Bonchev–Trinajstić information content (AvgIpc) is 3.62.